The molecule has 0 radical (unpaired) electrons. The monoisotopic (exact) mass is 476 g/mol. The molecule has 1 atom stereocenters. The fourth-order valence-corrected chi connectivity index (χ4v) is 3.76. The van der Waals surface area contributed by atoms with E-state index in [-0.39, 0.29) is 36.8 Å². The van der Waals surface area contributed by atoms with Crippen LogP contribution in [0.1, 0.15) is 90.2 Å². The molecular formula is C25H46Cl2N2O2. The second-order valence-corrected chi connectivity index (χ2v) is 8.12. The molecule has 6 heteroatoms. The maximum Gasteiger partial charge on any atom is 0.369 e. The third-order valence-electron chi connectivity index (χ3n) is 5.81. The van der Waals surface area contributed by atoms with Gasteiger partial charge in [0.15, 0.2) is 0 Å². The summed E-state index contributed by atoms with van der Waals surface area (Å²) >= 11 is 0. The first kappa shape index (κ1) is 32.4. The van der Waals surface area contributed by atoms with Gasteiger partial charge in [-0.3, -0.25) is 0 Å². The summed E-state index contributed by atoms with van der Waals surface area (Å²) in [5.41, 5.74) is 1.04. The molecule has 1 aromatic carbocycles. The van der Waals surface area contributed by atoms with Gasteiger partial charge in [-0.05, 0) is 20.3 Å². The van der Waals surface area contributed by atoms with Crippen LogP contribution in [0.25, 0.3) is 0 Å². The first-order valence-corrected chi connectivity index (χ1v) is 12.1. The van der Waals surface area contributed by atoms with E-state index in [4.69, 9.17) is 4.74 Å². The van der Waals surface area contributed by atoms with Crippen LogP contribution in [0.2, 0.25) is 0 Å². The van der Waals surface area contributed by atoms with Crippen LogP contribution in [0.15, 0.2) is 30.3 Å². The molecule has 182 valence electrons. The average Bonchev–Trinajstić information content (AvgIpc) is 2.75. The van der Waals surface area contributed by atoms with Gasteiger partial charge in [0.05, 0.1) is 19.7 Å². The van der Waals surface area contributed by atoms with E-state index in [0.29, 0.717) is 6.61 Å². The summed E-state index contributed by atoms with van der Waals surface area (Å²) in [7, 11) is 0. The van der Waals surface area contributed by atoms with Crippen molar-refractivity contribution < 1.29 is 44.6 Å². The minimum Gasteiger partial charge on any atom is -1.00 e. The van der Waals surface area contributed by atoms with Gasteiger partial charge >= 0.3 is 5.97 Å². The third-order valence-corrected chi connectivity index (χ3v) is 5.81. The molecule has 0 bridgehead atoms. The molecule has 4 nitrogen and oxygen atoms in total. The van der Waals surface area contributed by atoms with E-state index >= 15 is 0 Å². The van der Waals surface area contributed by atoms with E-state index < -0.39 is 0 Å². The highest BCUT2D eigenvalue weighted by molar-refractivity contribution is 5.75. The number of hydrogen-bond donors (Lipinski definition) is 2. The number of esters is 1. The number of quaternary nitrogens is 2. The normalized spacial score (nSPS) is 11.5. The number of unbranched alkanes of at least 4 members (excludes halogenated alkanes) is 8. The quantitative estimate of drug-likeness (QED) is 0.179. The molecule has 3 N–H and O–H groups in total. The molecule has 0 fully saturated rings. The van der Waals surface area contributed by atoms with Crippen LogP contribution < -0.4 is 35.0 Å². The smallest absolute Gasteiger partial charge is 0.369 e. The molecule has 0 heterocycles. The van der Waals surface area contributed by atoms with Crippen molar-refractivity contribution in [3.8, 4) is 0 Å². The number of benzene rings is 1. The van der Waals surface area contributed by atoms with E-state index in [1.54, 1.807) is 4.90 Å². The van der Waals surface area contributed by atoms with Gasteiger partial charge in [0, 0.05) is 5.56 Å². The lowest BCUT2D eigenvalue weighted by Gasteiger charge is -2.18. The number of ether oxygens (including phenoxy) is 1. The van der Waals surface area contributed by atoms with Gasteiger partial charge in [0.1, 0.15) is 13.1 Å². The Morgan fingerprint density at radius 1 is 0.871 bits per heavy atom. The van der Waals surface area contributed by atoms with Gasteiger partial charge in [-0.1, -0.05) is 88.6 Å². The van der Waals surface area contributed by atoms with Crippen molar-refractivity contribution in [1.29, 1.82) is 0 Å². The predicted octanol–water partition coefficient (Wildman–Crippen LogP) is -2.70. The lowest BCUT2D eigenvalue weighted by Crippen LogP contribution is -3.14. The summed E-state index contributed by atoms with van der Waals surface area (Å²) < 4.78 is 5.65. The fraction of sp³-hybridized carbons (Fsp3) is 0.720. The number of halogens is 2. The summed E-state index contributed by atoms with van der Waals surface area (Å²) in [6.45, 7) is 11.5. The van der Waals surface area contributed by atoms with Gasteiger partial charge in [-0.25, -0.2) is 4.79 Å². The zero-order valence-corrected chi connectivity index (χ0v) is 21.5. The minimum atomic E-state index is -0.246. The zero-order chi connectivity index (χ0) is 21.2. The number of carbonyl (C=O) groups is 1. The second-order valence-electron chi connectivity index (χ2n) is 8.12. The molecule has 0 aliphatic heterocycles. The summed E-state index contributed by atoms with van der Waals surface area (Å²) in [6, 6.07) is 9.81. The lowest BCUT2D eigenvalue weighted by molar-refractivity contribution is -0.910. The van der Waals surface area contributed by atoms with Crippen molar-refractivity contribution in [2.24, 2.45) is 0 Å². The fourth-order valence-electron chi connectivity index (χ4n) is 3.76. The molecule has 1 rings (SSSR count). The summed E-state index contributed by atoms with van der Waals surface area (Å²) in [5.74, 6) is -0.0923. The van der Waals surface area contributed by atoms with Gasteiger partial charge in [-0.2, -0.15) is 0 Å². The molecule has 0 spiro atoms. The van der Waals surface area contributed by atoms with Gasteiger partial charge in [0.2, 0.25) is 6.04 Å². The second kappa shape index (κ2) is 22.4. The van der Waals surface area contributed by atoms with Crippen molar-refractivity contribution >= 4 is 5.97 Å². The molecule has 0 aliphatic carbocycles. The minimum absolute atomic E-state index is 0. The Morgan fingerprint density at radius 2 is 1.42 bits per heavy atom. The summed E-state index contributed by atoms with van der Waals surface area (Å²) in [5, 5.41) is 2.15. The number of hydrogen-bond acceptors (Lipinski definition) is 2. The predicted molar refractivity (Wildman–Crippen MR) is 121 cm³/mol. The first-order chi connectivity index (χ1) is 14.2. The van der Waals surface area contributed by atoms with Crippen molar-refractivity contribution in [3.05, 3.63) is 35.9 Å². The van der Waals surface area contributed by atoms with E-state index in [0.717, 1.165) is 44.6 Å². The van der Waals surface area contributed by atoms with Crippen LogP contribution in [-0.4, -0.2) is 38.8 Å². The SMILES string of the molecule is CCCCCCCCCCCOC(=O)C([NH2+]CC[NH+](CC)CC)c1ccccc1.[Cl-].[Cl-]. The largest absolute Gasteiger partial charge is 1.00 e. The lowest BCUT2D eigenvalue weighted by atomic mass is 10.1. The highest BCUT2D eigenvalue weighted by atomic mass is 35.5. The number of carbonyl (C=O) groups excluding carboxylic acids is 1. The van der Waals surface area contributed by atoms with Crippen LogP contribution >= 0.6 is 0 Å². The zero-order valence-electron chi connectivity index (χ0n) is 20.0. The Labute approximate surface area is 203 Å². The molecule has 0 aromatic heterocycles. The summed E-state index contributed by atoms with van der Waals surface area (Å²) in [6.07, 6.45) is 11.5. The average molecular weight is 478 g/mol. The highest BCUT2D eigenvalue weighted by Crippen LogP contribution is 2.12. The molecule has 0 aliphatic rings. The standard InChI is InChI=1S/C25H44N2O2.2ClH/c1-4-7-8-9-10-11-12-13-17-22-29-25(28)24(23-18-15-14-16-19-23)26-20-21-27(5-2)6-3;;/h14-16,18-19,24,26H,4-13,17,20-22H2,1-3H3;2*1H. The molecule has 1 unspecified atom stereocenters. The maximum absolute atomic E-state index is 12.7. The molecular weight excluding hydrogens is 431 g/mol. The highest BCUT2D eigenvalue weighted by Gasteiger charge is 2.25. The number of nitrogens with one attached hydrogen (secondary N) is 1. The number of nitrogens with two attached hydrogens (primary N) is 1. The third kappa shape index (κ3) is 15.6. The molecule has 31 heavy (non-hydrogen) atoms. The Balaban J connectivity index is 0. The first-order valence-electron chi connectivity index (χ1n) is 12.1. The number of rotatable bonds is 18. The van der Waals surface area contributed by atoms with Crippen molar-refractivity contribution in [2.45, 2.75) is 84.6 Å². The molecule has 0 saturated heterocycles. The van der Waals surface area contributed by atoms with Crippen LogP contribution in [0, 0.1) is 0 Å². The maximum atomic E-state index is 12.7. The topological polar surface area (TPSA) is 47.3 Å². The molecule has 1 aromatic rings. The van der Waals surface area contributed by atoms with E-state index in [2.05, 4.69) is 26.1 Å². The summed E-state index contributed by atoms with van der Waals surface area (Å²) in [4.78, 5) is 14.3. The van der Waals surface area contributed by atoms with Gasteiger partial charge in [-0.15, -0.1) is 0 Å². The van der Waals surface area contributed by atoms with Gasteiger partial charge < -0.3 is 39.8 Å². The van der Waals surface area contributed by atoms with Crippen LogP contribution in [0.3, 0.4) is 0 Å². The number of likely N-dealkylation sites (N-methyl/N-ethyl adjacent to an activating group) is 1. The van der Waals surface area contributed by atoms with Crippen LogP contribution in [0.4, 0.5) is 0 Å². The van der Waals surface area contributed by atoms with E-state index in [1.807, 2.05) is 30.3 Å². The van der Waals surface area contributed by atoms with Crippen LogP contribution in [-0.2, 0) is 9.53 Å². The Hall–Kier alpha value is -0.810. The van der Waals surface area contributed by atoms with E-state index in [9.17, 15) is 4.79 Å². The molecule has 0 saturated carbocycles. The van der Waals surface area contributed by atoms with Crippen LogP contribution in [0.5, 0.6) is 0 Å². The van der Waals surface area contributed by atoms with Crippen molar-refractivity contribution in [1.82, 2.24) is 0 Å². The van der Waals surface area contributed by atoms with Crippen molar-refractivity contribution in [3.63, 3.8) is 0 Å². The Morgan fingerprint density at radius 3 is 1.97 bits per heavy atom. The van der Waals surface area contributed by atoms with E-state index in [1.165, 1.54) is 44.9 Å². The van der Waals surface area contributed by atoms with Crippen molar-refractivity contribution in [2.75, 3.05) is 32.8 Å². The Kier molecular flexibility index (Phi) is 23.4. The van der Waals surface area contributed by atoms with Gasteiger partial charge in [0.25, 0.3) is 0 Å². The molecule has 0 amide bonds. The Bertz CT molecular complexity index is 514.